The average molecular weight is 1220 g/mol. The van der Waals surface area contributed by atoms with E-state index in [1.54, 1.807) is 5.38 Å². The number of hydrogen-bond acceptors (Lipinski definition) is 19. The number of nitrogens with one attached hydrogen (secondary N) is 4. The fourth-order valence-corrected chi connectivity index (χ4v) is 14.6. The Hall–Kier alpha value is -6.21. The van der Waals surface area contributed by atoms with Gasteiger partial charge in [0.25, 0.3) is 0 Å². The van der Waals surface area contributed by atoms with Gasteiger partial charge in [-0.15, -0.1) is 45.6 Å². The van der Waals surface area contributed by atoms with Crippen molar-refractivity contribution in [2.75, 3.05) is 128 Å². The SMILES string of the molecule is CCc1csc(NC(=O)CCl)n1.CCc1csc(NC(=O)CN2CCC3(CC2)CCN(c2ccncc2)C3)n1.O=C(O)Cc1csc(NC(=O)CN2CCC3(CC2)CCN(c2ccncc2)C3)n1.c1cc(N2CCC3(CCNCC3)C2)ccn1. The number of thiazole rings is 3. The molecule has 6 aromatic heterocycles. The number of rotatable bonds is 15. The monoisotopic (exact) mass is 1220 g/mol. The Morgan fingerprint density at radius 1 is 0.512 bits per heavy atom. The molecule has 12 rings (SSSR count). The number of amides is 3. The summed E-state index contributed by atoms with van der Waals surface area (Å²) in [6.07, 6.45) is 23.9. The van der Waals surface area contributed by atoms with Crippen LogP contribution in [0.4, 0.5) is 32.5 Å². The molecule has 84 heavy (non-hydrogen) atoms. The molecule has 6 saturated heterocycles. The molecule has 20 nitrogen and oxygen atoms in total. The molecule has 0 aromatic carbocycles. The zero-order valence-corrected chi connectivity index (χ0v) is 51.6. The highest BCUT2D eigenvalue weighted by atomic mass is 35.5. The standard InChI is InChI=1S/C20H25N5O3S.C20H27N5OS.C13H19N3.C7H9ClN2OS/c26-17(23-19-22-15(13-29-19)11-18(27)28)12-24-8-3-20(4-9-24)5-10-25(14-20)16-1-6-21-7-2-16;1-2-16-14-27-19(22-16)23-18(26)13-24-10-5-20(6-11-24)7-12-25(15-20)17-3-8-21-9-4-17;1-6-14-7-2-12(1)16-10-5-13(11-16)3-8-15-9-4-13;1-2-5-4-12-7(9-5)10-6(11)3-8/h1-2,6-7,13H,3-5,8-12,14H2,(H,27,28)(H,22,23,26);3-4,8-9,14H,2,5-7,10-13,15H2,1H3,(H,22,23,26);1-2,6-7,15H,3-5,8-11H2;4H,2-3H2,1H3,(H,9,10,11). The molecular weight excluding hydrogens is 1140 g/mol. The molecule has 12 heterocycles. The van der Waals surface area contributed by atoms with Crippen LogP contribution in [-0.2, 0) is 38.4 Å². The quantitative estimate of drug-likeness (QED) is 0.0606. The second-order valence-corrected chi connectivity index (χ2v) is 25.8. The summed E-state index contributed by atoms with van der Waals surface area (Å²) in [5.74, 6) is -1.21. The summed E-state index contributed by atoms with van der Waals surface area (Å²) >= 11 is 9.49. The first-order valence-electron chi connectivity index (χ1n) is 29.4. The van der Waals surface area contributed by atoms with E-state index in [1.165, 1.54) is 122 Å². The van der Waals surface area contributed by atoms with Crippen molar-refractivity contribution >= 4 is 102 Å². The summed E-state index contributed by atoms with van der Waals surface area (Å²) in [7, 11) is 0. The second kappa shape index (κ2) is 30.2. The Labute approximate surface area is 510 Å². The topological polar surface area (TPSA) is 230 Å². The maximum absolute atomic E-state index is 12.3. The molecule has 5 N–H and O–H groups in total. The molecule has 24 heteroatoms. The lowest BCUT2D eigenvalue weighted by Gasteiger charge is -2.39. The zero-order valence-electron chi connectivity index (χ0n) is 48.4. The van der Waals surface area contributed by atoms with Crippen molar-refractivity contribution in [2.45, 2.75) is 90.9 Å². The van der Waals surface area contributed by atoms with Crippen LogP contribution in [0.15, 0.2) is 89.7 Å². The van der Waals surface area contributed by atoms with Crippen LogP contribution in [0.3, 0.4) is 0 Å². The average Bonchev–Trinajstić information content (AvgIpc) is 3.65. The van der Waals surface area contributed by atoms with Crippen LogP contribution in [0, 0.1) is 16.2 Å². The number of carboxylic acids is 1. The molecule has 3 spiro atoms. The molecule has 0 unspecified atom stereocenters. The third kappa shape index (κ3) is 17.9. The van der Waals surface area contributed by atoms with E-state index in [0.29, 0.717) is 50.4 Å². The first kappa shape index (κ1) is 62.3. The number of alkyl halides is 1. The minimum atomic E-state index is -0.926. The molecule has 6 aromatic rings. The van der Waals surface area contributed by atoms with Crippen molar-refractivity contribution in [3.63, 3.8) is 0 Å². The van der Waals surface area contributed by atoms with E-state index in [1.807, 2.05) is 54.9 Å². The number of carboxylic acid groups (broad SMARTS) is 1. The maximum Gasteiger partial charge on any atom is 0.309 e. The zero-order chi connectivity index (χ0) is 58.8. The van der Waals surface area contributed by atoms with E-state index >= 15 is 0 Å². The van der Waals surface area contributed by atoms with Crippen LogP contribution < -0.4 is 36.0 Å². The lowest BCUT2D eigenvalue weighted by Crippen LogP contribution is -2.44. The molecule has 0 atom stereocenters. The van der Waals surface area contributed by atoms with E-state index in [-0.39, 0.29) is 30.0 Å². The molecular formula is C60H80ClN15O5S3. The molecule has 6 aliphatic heterocycles. The number of aliphatic carboxylic acids is 1. The van der Waals surface area contributed by atoms with E-state index in [0.717, 1.165) is 89.4 Å². The highest BCUT2D eigenvalue weighted by Gasteiger charge is 2.43. The summed E-state index contributed by atoms with van der Waals surface area (Å²) in [6, 6.07) is 12.6. The largest absolute Gasteiger partial charge is 0.481 e. The molecule has 3 amide bonds. The number of aromatic nitrogens is 6. The van der Waals surface area contributed by atoms with Gasteiger partial charge in [-0.25, -0.2) is 15.0 Å². The fraction of sp³-hybridized carbons (Fsp3) is 0.533. The third-order valence-corrected chi connectivity index (χ3v) is 19.9. The highest BCUT2D eigenvalue weighted by molar-refractivity contribution is 7.14. The summed E-state index contributed by atoms with van der Waals surface area (Å²) in [4.78, 5) is 83.2. The number of nitrogens with zero attached hydrogens (tertiary/aromatic N) is 11. The van der Waals surface area contributed by atoms with E-state index in [4.69, 9.17) is 16.7 Å². The van der Waals surface area contributed by atoms with Crippen LogP contribution in [0.1, 0.15) is 88.7 Å². The number of aryl methyl sites for hydroxylation is 2. The lowest BCUT2D eigenvalue weighted by atomic mass is 9.78. The summed E-state index contributed by atoms with van der Waals surface area (Å²) < 4.78 is 0. The van der Waals surface area contributed by atoms with Crippen LogP contribution in [-0.4, -0.2) is 166 Å². The van der Waals surface area contributed by atoms with E-state index < -0.39 is 5.97 Å². The Kier molecular flexibility index (Phi) is 22.4. The van der Waals surface area contributed by atoms with Gasteiger partial charge >= 0.3 is 5.97 Å². The Morgan fingerprint density at radius 2 is 0.845 bits per heavy atom. The number of anilines is 6. The number of likely N-dealkylation sites (tertiary alicyclic amines) is 2. The maximum atomic E-state index is 12.3. The van der Waals surface area contributed by atoms with Gasteiger partial charge in [0.15, 0.2) is 15.4 Å². The summed E-state index contributed by atoms with van der Waals surface area (Å²) in [5, 5.41) is 28.0. The molecule has 450 valence electrons. The molecule has 0 radical (unpaired) electrons. The second-order valence-electron chi connectivity index (χ2n) is 22.9. The van der Waals surface area contributed by atoms with Gasteiger partial charge < -0.3 is 41.1 Å². The van der Waals surface area contributed by atoms with Crippen LogP contribution >= 0.6 is 45.6 Å². The van der Waals surface area contributed by atoms with Crippen LogP contribution in [0.25, 0.3) is 0 Å². The number of carbonyl (C=O) groups excluding carboxylic acids is 3. The van der Waals surface area contributed by atoms with E-state index in [2.05, 4.69) is 119 Å². The first-order chi connectivity index (χ1) is 40.8. The Balaban J connectivity index is 0.000000142. The third-order valence-electron chi connectivity index (χ3n) is 17.2. The minimum absolute atomic E-state index is 0.0267. The smallest absolute Gasteiger partial charge is 0.309 e. The molecule has 6 aliphatic rings. The predicted octanol–water partition coefficient (Wildman–Crippen LogP) is 8.67. The van der Waals surface area contributed by atoms with Gasteiger partial charge in [0.2, 0.25) is 17.7 Å². The van der Waals surface area contributed by atoms with Crippen molar-refractivity contribution in [3.05, 3.63) is 107 Å². The van der Waals surface area contributed by atoms with Gasteiger partial charge in [-0.3, -0.25) is 43.9 Å². The van der Waals surface area contributed by atoms with Gasteiger partial charge in [-0.1, -0.05) is 13.8 Å². The lowest BCUT2D eigenvalue weighted by molar-refractivity contribution is -0.136. The molecule has 0 aliphatic carbocycles. The normalized spacial score (nSPS) is 18.7. The Morgan fingerprint density at radius 3 is 1.19 bits per heavy atom. The summed E-state index contributed by atoms with van der Waals surface area (Å²) in [5.41, 5.74) is 7.69. The molecule has 0 saturated carbocycles. The van der Waals surface area contributed by atoms with Gasteiger partial charge in [0, 0.05) is 110 Å². The Bertz CT molecular complexity index is 3020. The van der Waals surface area contributed by atoms with Crippen LogP contribution in [0.5, 0.6) is 0 Å². The van der Waals surface area contributed by atoms with Crippen molar-refractivity contribution in [3.8, 4) is 0 Å². The van der Waals surface area contributed by atoms with Gasteiger partial charge in [-0.2, -0.15) is 0 Å². The van der Waals surface area contributed by atoms with Gasteiger partial charge in [0.05, 0.1) is 36.6 Å². The summed E-state index contributed by atoms with van der Waals surface area (Å²) in [6.45, 7) is 18.0. The highest BCUT2D eigenvalue weighted by Crippen LogP contribution is 2.44. The van der Waals surface area contributed by atoms with Crippen molar-refractivity contribution in [1.29, 1.82) is 0 Å². The number of carbonyl (C=O) groups is 4. The molecule has 6 fully saturated rings. The number of hydrogen-bond donors (Lipinski definition) is 5. The van der Waals surface area contributed by atoms with Gasteiger partial charge in [0.1, 0.15) is 5.88 Å². The van der Waals surface area contributed by atoms with Gasteiger partial charge in [-0.05, 0) is 163 Å². The van der Waals surface area contributed by atoms with Crippen molar-refractivity contribution in [1.82, 2.24) is 45.0 Å². The van der Waals surface area contributed by atoms with Crippen LogP contribution in [0.2, 0.25) is 0 Å². The number of pyridine rings is 3. The van der Waals surface area contributed by atoms with E-state index in [9.17, 15) is 19.2 Å². The minimum Gasteiger partial charge on any atom is -0.481 e. The predicted molar refractivity (Wildman–Crippen MR) is 337 cm³/mol. The molecule has 0 bridgehead atoms. The fourth-order valence-electron chi connectivity index (χ4n) is 12.2. The van der Waals surface area contributed by atoms with Crippen molar-refractivity contribution in [2.24, 2.45) is 16.2 Å². The number of halogens is 1. The number of piperidine rings is 3. The first-order valence-corrected chi connectivity index (χ1v) is 32.6. The van der Waals surface area contributed by atoms with Crippen molar-refractivity contribution < 1.29 is 24.3 Å².